The largest absolute Gasteiger partial charge is 0.522 e. The van der Waals surface area contributed by atoms with E-state index in [0.717, 1.165) is 18.8 Å². The minimum absolute atomic E-state index is 0.227. The molecule has 0 saturated heterocycles. The Balaban J connectivity index is 0.000000187. The third kappa shape index (κ3) is 3.26. The second-order valence-electron chi connectivity index (χ2n) is 3.29. The third-order valence-electron chi connectivity index (χ3n) is 2.02. The molecule has 1 aromatic heterocycles. The van der Waals surface area contributed by atoms with Crippen molar-refractivity contribution >= 4 is 28.7 Å². The van der Waals surface area contributed by atoms with E-state index < -0.39 is 15.6 Å². The molecular formula is C6H9F3N4O3S2. The van der Waals surface area contributed by atoms with Gasteiger partial charge in [-0.15, -0.1) is 10.2 Å². The highest BCUT2D eigenvalue weighted by Crippen LogP contribution is 2.30. The lowest BCUT2D eigenvalue weighted by molar-refractivity contribution is -0.0510. The summed E-state index contributed by atoms with van der Waals surface area (Å²) in [4.78, 5) is 0. The van der Waals surface area contributed by atoms with Gasteiger partial charge in [-0.05, 0) is 6.42 Å². The van der Waals surface area contributed by atoms with Crippen LogP contribution >= 0.6 is 12.6 Å². The fraction of sp³-hybridized carbons (Fsp3) is 0.667. The van der Waals surface area contributed by atoms with Crippen molar-refractivity contribution in [1.82, 2.24) is 14.8 Å². The van der Waals surface area contributed by atoms with E-state index in [1.165, 1.54) is 0 Å². The van der Waals surface area contributed by atoms with E-state index in [4.69, 9.17) is 18.7 Å². The summed E-state index contributed by atoms with van der Waals surface area (Å²) in [6.45, 7) is 0.905. The Morgan fingerprint density at radius 1 is 1.44 bits per heavy atom. The molecule has 1 aliphatic heterocycles. The number of fused-ring (bicyclic) bond motifs is 1. The summed E-state index contributed by atoms with van der Waals surface area (Å²) < 4.78 is 59.4. The van der Waals surface area contributed by atoms with Gasteiger partial charge in [-0.2, -0.15) is 34.2 Å². The first-order valence-corrected chi connectivity index (χ1v) is 6.40. The van der Waals surface area contributed by atoms with Gasteiger partial charge in [-0.3, -0.25) is 9.12 Å². The first-order chi connectivity index (χ1) is 8.04. The standard InChI is InChI=1S/C5H8N4S.CHF3O3S/c6-5-8-7-4-3(10)1-2-9(4)5;2-1(3,4)8(5,6)7/h3,10H,1-2H2,(H2,6,8);(H,5,6,7). The number of hydrogen-bond donors (Lipinski definition) is 3. The summed E-state index contributed by atoms with van der Waals surface area (Å²) in [7, 11) is -5.84. The zero-order valence-electron chi connectivity index (χ0n) is 8.66. The van der Waals surface area contributed by atoms with Crippen LogP contribution in [0.2, 0.25) is 0 Å². The number of aromatic nitrogens is 3. The number of halogens is 3. The quantitative estimate of drug-likeness (QED) is 0.368. The van der Waals surface area contributed by atoms with E-state index in [1.807, 2.05) is 4.57 Å². The SMILES string of the molecule is Nc1nnc2n1CCC2S.O=S(=O)(O)C(F)(F)F. The molecule has 1 atom stereocenters. The van der Waals surface area contributed by atoms with Gasteiger partial charge in [-0.25, -0.2) is 0 Å². The van der Waals surface area contributed by atoms with Crippen molar-refractivity contribution in [2.45, 2.75) is 23.7 Å². The lowest BCUT2D eigenvalue weighted by atomic mass is 10.3. The minimum Gasteiger partial charge on any atom is -0.368 e. The van der Waals surface area contributed by atoms with Crippen LogP contribution in [-0.2, 0) is 16.7 Å². The second-order valence-corrected chi connectivity index (χ2v) is 5.33. The number of thiol groups is 1. The van der Waals surface area contributed by atoms with Crippen LogP contribution in [0.5, 0.6) is 0 Å². The molecule has 1 aliphatic rings. The van der Waals surface area contributed by atoms with Gasteiger partial charge in [0.2, 0.25) is 5.95 Å². The molecule has 18 heavy (non-hydrogen) atoms. The van der Waals surface area contributed by atoms with Crippen LogP contribution in [0.4, 0.5) is 19.1 Å². The topological polar surface area (TPSA) is 111 Å². The average Bonchev–Trinajstić information content (AvgIpc) is 2.70. The highest BCUT2D eigenvalue weighted by atomic mass is 32.2. The molecule has 0 radical (unpaired) electrons. The summed E-state index contributed by atoms with van der Waals surface area (Å²) in [6.07, 6.45) is 1.01. The van der Waals surface area contributed by atoms with Crippen molar-refractivity contribution in [3.63, 3.8) is 0 Å². The molecule has 0 aromatic carbocycles. The molecule has 7 nitrogen and oxygen atoms in total. The smallest absolute Gasteiger partial charge is 0.368 e. The molecule has 0 spiro atoms. The van der Waals surface area contributed by atoms with E-state index in [1.54, 1.807) is 0 Å². The Bertz CT molecular complexity index is 527. The fourth-order valence-corrected chi connectivity index (χ4v) is 1.49. The number of anilines is 1. The maximum atomic E-state index is 10.7. The van der Waals surface area contributed by atoms with Gasteiger partial charge >= 0.3 is 15.6 Å². The van der Waals surface area contributed by atoms with Crippen molar-refractivity contribution in [2.24, 2.45) is 0 Å². The maximum Gasteiger partial charge on any atom is 0.522 e. The predicted molar refractivity (Wildman–Crippen MR) is 58.4 cm³/mol. The van der Waals surface area contributed by atoms with Crippen molar-refractivity contribution < 1.29 is 26.1 Å². The molecule has 2 rings (SSSR count). The minimum atomic E-state index is -5.84. The third-order valence-corrected chi connectivity index (χ3v) is 3.10. The number of nitrogen functional groups attached to an aromatic ring is 1. The number of hydrogen-bond acceptors (Lipinski definition) is 6. The van der Waals surface area contributed by atoms with Crippen LogP contribution in [-0.4, -0.2) is 33.2 Å². The van der Waals surface area contributed by atoms with Gasteiger partial charge in [0.05, 0.1) is 5.25 Å². The van der Waals surface area contributed by atoms with E-state index >= 15 is 0 Å². The van der Waals surface area contributed by atoms with Gasteiger partial charge in [0.15, 0.2) is 0 Å². The fourth-order valence-electron chi connectivity index (χ4n) is 1.18. The highest BCUT2D eigenvalue weighted by Gasteiger charge is 2.44. The Morgan fingerprint density at radius 2 is 1.94 bits per heavy atom. The molecular weight excluding hydrogens is 297 g/mol. The number of alkyl halides is 3. The van der Waals surface area contributed by atoms with Gasteiger partial charge in [0.1, 0.15) is 5.82 Å². The molecule has 104 valence electrons. The monoisotopic (exact) mass is 306 g/mol. The van der Waals surface area contributed by atoms with Crippen LogP contribution in [0, 0.1) is 0 Å². The van der Waals surface area contributed by atoms with Crippen molar-refractivity contribution in [2.75, 3.05) is 5.73 Å². The van der Waals surface area contributed by atoms with Crippen molar-refractivity contribution in [3.05, 3.63) is 5.82 Å². The second kappa shape index (κ2) is 4.93. The van der Waals surface area contributed by atoms with Gasteiger partial charge < -0.3 is 5.73 Å². The molecule has 0 saturated carbocycles. The zero-order chi connectivity index (χ0) is 14.1. The Kier molecular flexibility index (Phi) is 4.12. The molecule has 2 heterocycles. The van der Waals surface area contributed by atoms with Crippen LogP contribution in [0.25, 0.3) is 0 Å². The van der Waals surface area contributed by atoms with Gasteiger partial charge in [0.25, 0.3) is 0 Å². The molecule has 1 aromatic rings. The number of nitrogens with zero attached hydrogens (tertiary/aromatic N) is 3. The lowest BCUT2D eigenvalue weighted by Crippen LogP contribution is -2.21. The van der Waals surface area contributed by atoms with Gasteiger partial charge in [-0.1, -0.05) is 0 Å². The van der Waals surface area contributed by atoms with Crippen molar-refractivity contribution in [1.29, 1.82) is 0 Å². The molecule has 1 unspecified atom stereocenters. The van der Waals surface area contributed by atoms with E-state index in [2.05, 4.69) is 22.8 Å². The summed E-state index contributed by atoms with van der Waals surface area (Å²) >= 11 is 4.31. The van der Waals surface area contributed by atoms with Gasteiger partial charge in [0, 0.05) is 6.54 Å². The van der Waals surface area contributed by atoms with E-state index in [-0.39, 0.29) is 5.25 Å². The highest BCUT2D eigenvalue weighted by molar-refractivity contribution is 7.86. The molecule has 12 heteroatoms. The molecule has 0 fully saturated rings. The first kappa shape index (κ1) is 15.0. The Morgan fingerprint density at radius 3 is 2.33 bits per heavy atom. The van der Waals surface area contributed by atoms with Crippen LogP contribution in [0.1, 0.15) is 17.5 Å². The number of nitrogens with two attached hydrogens (primary N) is 1. The summed E-state index contributed by atoms with van der Waals surface area (Å²) in [5.74, 6) is 1.41. The van der Waals surface area contributed by atoms with E-state index in [9.17, 15) is 13.2 Å². The summed E-state index contributed by atoms with van der Waals surface area (Å²) in [5.41, 5.74) is -0.0252. The van der Waals surface area contributed by atoms with Crippen molar-refractivity contribution in [3.8, 4) is 0 Å². The molecule has 0 bridgehead atoms. The Hall–Kier alpha value is -1.01. The molecule has 0 amide bonds. The summed E-state index contributed by atoms with van der Waals surface area (Å²) in [5, 5.41) is 7.85. The van der Waals surface area contributed by atoms with Crippen LogP contribution in [0.3, 0.4) is 0 Å². The lowest BCUT2D eigenvalue weighted by Gasteiger charge is -1.97. The molecule has 0 aliphatic carbocycles. The molecule has 3 N–H and O–H groups in total. The first-order valence-electron chi connectivity index (χ1n) is 4.44. The maximum absolute atomic E-state index is 10.7. The normalized spacial score (nSPS) is 19.1. The zero-order valence-corrected chi connectivity index (χ0v) is 10.4. The van der Waals surface area contributed by atoms with E-state index in [0.29, 0.717) is 5.95 Å². The van der Waals surface area contributed by atoms with Crippen LogP contribution < -0.4 is 5.73 Å². The summed E-state index contributed by atoms with van der Waals surface area (Å²) in [6, 6.07) is 0. The average molecular weight is 306 g/mol. The van der Waals surface area contributed by atoms with Crippen LogP contribution in [0.15, 0.2) is 0 Å². The number of rotatable bonds is 0. The predicted octanol–water partition coefficient (Wildman–Crippen LogP) is 0.629. The Labute approximate surface area is 105 Å².